The smallest absolute Gasteiger partial charge is 0.359 e. The maximum Gasteiger partial charge on any atom is 0.359 e. The van der Waals surface area contributed by atoms with Crippen molar-refractivity contribution in [3.8, 4) is 0 Å². The van der Waals surface area contributed by atoms with E-state index in [0.29, 0.717) is 23.5 Å². The fourth-order valence-corrected chi connectivity index (χ4v) is 2.41. The maximum absolute atomic E-state index is 13.8. The van der Waals surface area contributed by atoms with Crippen LogP contribution >= 0.6 is 0 Å². The minimum absolute atomic E-state index is 0.245. The van der Waals surface area contributed by atoms with E-state index in [1.54, 1.807) is 29.8 Å². The third-order valence-corrected chi connectivity index (χ3v) is 3.41. The van der Waals surface area contributed by atoms with Gasteiger partial charge in [-0.1, -0.05) is 44.2 Å². The molecular weight excluding hydrogens is 309 g/mol. The SMILES string of the molecule is CC.CCOC(=O)c1nn(Cc2ccccc2F)c2c1C=CCN2. The Bertz CT molecular complexity index is 738. The number of fused-ring (bicyclic) bond motifs is 1. The summed E-state index contributed by atoms with van der Waals surface area (Å²) in [6, 6.07) is 6.52. The summed E-state index contributed by atoms with van der Waals surface area (Å²) in [5.74, 6) is -0.0658. The molecule has 0 amide bonds. The lowest BCUT2D eigenvalue weighted by molar-refractivity contribution is 0.0518. The number of hydrogen-bond acceptors (Lipinski definition) is 4. The topological polar surface area (TPSA) is 56.1 Å². The van der Waals surface area contributed by atoms with E-state index in [1.807, 2.05) is 26.0 Å². The van der Waals surface area contributed by atoms with Gasteiger partial charge in [-0.3, -0.25) is 0 Å². The summed E-state index contributed by atoms with van der Waals surface area (Å²) in [6.45, 7) is 6.91. The number of carbonyl (C=O) groups excluding carboxylic acids is 1. The Hall–Kier alpha value is -2.63. The second-order valence-electron chi connectivity index (χ2n) is 4.86. The molecule has 2 aromatic rings. The van der Waals surface area contributed by atoms with E-state index in [9.17, 15) is 9.18 Å². The molecule has 0 unspecified atom stereocenters. The predicted molar refractivity (Wildman–Crippen MR) is 92.6 cm³/mol. The molecule has 1 aliphatic heterocycles. The molecule has 2 heterocycles. The number of aromatic nitrogens is 2. The van der Waals surface area contributed by atoms with Crippen LogP contribution in [0.2, 0.25) is 0 Å². The molecule has 128 valence electrons. The van der Waals surface area contributed by atoms with Crippen molar-refractivity contribution in [2.45, 2.75) is 27.3 Å². The zero-order valence-corrected chi connectivity index (χ0v) is 14.2. The number of hydrogen-bond donors (Lipinski definition) is 1. The predicted octanol–water partition coefficient (Wildman–Crippen LogP) is 3.71. The second-order valence-corrected chi connectivity index (χ2v) is 4.86. The first kappa shape index (κ1) is 17.7. The third-order valence-electron chi connectivity index (χ3n) is 3.41. The van der Waals surface area contributed by atoms with Crippen LogP contribution in [-0.2, 0) is 11.3 Å². The lowest BCUT2D eigenvalue weighted by Crippen LogP contribution is -2.12. The summed E-state index contributed by atoms with van der Waals surface area (Å²) in [7, 11) is 0. The van der Waals surface area contributed by atoms with E-state index in [1.165, 1.54) is 6.07 Å². The highest BCUT2D eigenvalue weighted by molar-refractivity contribution is 5.94. The monoisotopic (exact) mass is 331 g/mol. The molecule has 0 radical (unpaired) electrons. The molecular formula is C18H22FN3O2. The zero-order chi connectivity index (χ0) is 17.5. The van der Waals surface area contributed by atoms with Gasteiger partial charge in [-0.25, -0.2) is 13.9 Å². The fraction of sp³-hybridized carbons (Fsp3) is 0.333. The second kappa shape index (κ2) is 8.29. The van der Waals surface area contributed by atoms with Crippen LogP contribution in [0.1, 0.15) is 42.4 Å². The average Bonchev–Trinajstić information content (AvgIpc) is 2.98. The number of halogens is 1. The van der Waals surface area contributed by atoms with Gasteiger partial charge in [0.1, 0.15) is 11.6 Å². The van der Waals surface area contributed by atoms with Crippen LogP contribution < -0.4 is 5.32 Å². The Labute approximate surface area is 141 Å². The van der Waals surface area contributed by atoms with Crippen molar-refractivity contribution in [3.63, 3.8) is 0 Å². The van der Waals surface area contributed by atoms with E-state index in [2.05, 4.69) is 10.4 Å². The lowest BCUT2D eigenvalue weighted by Gasteiger charge is -2.12. The van der Waals surface area contributed by atoms with Crippen molar-refractivity contribution >= 4 is 17.9 Å². The van der Waals surface area contributed by atoms with Crippen molar-refractivity contribution in [2.24, 2.45) is 0 Å². The van der Waals surface area contributed by atoms with Gasteiger partial charge in [-0.05, 0) is 13.0 Å². The first-order chi connectivity index (χ1) is 11.7. The number of rotatable bonds is 4. The standard InChI is InChI=1S/C16H16FN3O2.C2H6/c1-2-22-16(21)14-12-7-5-9-18-15(12)20(19-14)10-11-6-3-4-8-13(11)17;1-2/h3-8,18H,2,9-10H2,1H3;1-2H3. The van der Waals surface area contributed by atoms with Gasteiger partial charge in [0.25, 0.3) is 0 Å². The normalized spacial score (nSPS) is 11.8. The fourth-order valence-electron chi connectivity index (χ4n) is 2.41. The molecule has 0 aliphatic carbocycles. The van der Waals surface area contributed by atoms with Gasteiger partial charge in [0, 0.05) is 12.1 Å². The summed E-state index contributed by atoms with van der Waals surface area (Å²) < 4.78 is 20.5. The summed E-state index contributed by atoms with van der Waals surface area (Å²) >= 11 is 0. The molecule has 3 rings (SSSR count). The summed E-state index contributed by atoms with van der Waals surface area (Å²) in [5, 5.41) is 7.48. The van der Waals surface area contributed by atoms with Crippen LogP contribution in [-0.4, -0.2) is 28.9 Å². The Kier molecular flexibility index (Phi) is 6.12. The highest BCUT2D eigenvalue weighted by atomic mass is 19.1. The van der Waals surface area contributed by atoms with E-state index < -0.39 is 5.97 Å². The minimum Gasteiger partial charge on any atom is -0.461 e. The Morgan fingerprint density at radius 3 is 2.83 bits per heavy atom. The van der Waals surface area contributed by atoms with Crippen LogP contribution in [0.25, 0.3) is 6.08 Å². The van der Waals surface area contributed by atoms with Gasteiger partial charge in [0.05, 0.1) is 18.7 Å². The molecule has 0 fully saturated rings. The highest BCUT2D eigenvalue weighted by Crippen LogP contribution is 2.26. The third kappa shape index (κ3) is 3.64. The zero-order valence-electron chi connectivity index (χ0n) is 14.2. The van der Waals surface area contributed by atoms with E-state index >= 15 is 0 Å². The molecule has 5 nitrogen and oxygen atoms in total. The molecule has 0 saturated heterocycles. The number of ether oxygens (including phenoxy) is 1. The van der Waals surface area contributed by atoms with E-state index in [-0.39, 0.29) is 24.7 Å². The van der Waals surface area contributed by atoms with Crippen molar-refractivity contribution in [1.82, 2.24) is 9.78 Å². The Morgan fingerprint density at radius 2 is 2.12 bits per heavy atom. The molecule has 1 aromatic carbocycles. The number of nitrogens with one attached hydrogen (secondary N) is 1. The molecule has 6 heteroatoms. The first-order valence-corrected chi connectivity index (χ1v) is 8.12. The number of benzene rings is 1. The van der Waals surface area contributed by atoms with Crippen LogP contribution in [0.5, 0.6) is 0 Å². The lowest BCUT2D eigenvalue weighted by atomic mass is 10.1. The average molecular weight is 331 g/mol. The summed E-state index contributed by atoms with van der Waals surface area (Å²) in [5.41, 5.74) is 1.44. The van der Waals surface area contributed by atoms with Gasteiger partial charge in [0.15, 0.2) is 5.69 Å². The van der Waals surface area contributed by atoms with Gasteiger partial charge in [0.2, 0.25) is 0 Å². The van der Waals surface area contributed by atoms with Crippen molar-refractivity contribution in [1.29, 1.82) is 0 Å². The van der Waals surface area contributed by atoms with Crippen LogP contribution in [0.4, 0.5) is 10.2 Å². The maximum atomic E-state index is 13.8. The molecule has 24 heavy (non-hydrogen) atoms. The number of nitrogens with zero attached hydrogens (tertiary/aromatic N) is 2. The van der Waals surface area contributed by atoms with E-state index in [0.717, 1.165) is 0 Å². The molecule has 0 atom stereocenters. The molecule has 0 saturated carbocycles. The van der Waals surface area contributed by atoms with Crippen molar-refractivity contribution in [2.75, 3.05) is 18.5 Å². The highest BCUT2D eigenvalue weighted by Gasteiger charge is 2.24. The van der Waals surface area contributed by atoms with E-state index in [4.69, 9.17) is 4.74 Å². The van der Waals surface area contributed by atoms with Crippen LogP contribution in [0.15, 0.2) is 30.3 Å². The summed E-state index contributed by atoms with van der Waals surface area (Å²) in [6.07, 6.45) is 3.74. The van der Waals surface area contributed by atoms with Crippen molar-refractivity contribution in [3.05, 3.63) is 53.0 Å². The molecule has 0 bridgehead atoms. The molecule has 0 spiro atoms. The minimum atomic E-state index is -0.473. The van der Waals surface area contributed by atoms with Gasteiger partial charge >= 0.3 is 5.97 Å². The van der Waals surface area contributed by atoms with Crippen molar-refractivity contribution < 1.29 is 13.9 Å². The molecule has 1 N–H and O–H groups in total. The van der Waals surface area contributed by atoms with Crippen LogP contribution in [0, 0.1) is 5.82 Å². The van der Waals surface area contributed by atoms with Crippen LogP contribution in [0.3, 0.4) is 0 Å². The largest absolute Gasteiger partial charge is 0.461 e. The quantitative estimate of drug-likeness (QED) is 0.868. The first-order valence-electron chi connectivity index (χ1n) is 8.12. The van der Waals surface area contributed by atoms with Gasteiger partial charge < -0.3 is 10.1 Å². The van der Waals surface area contributed by atoms with Gasteiger partial charge in [-0.2, -0.15) is 5.10 Å². The Morgan fingerprint density at radius 1 is 1.38 bits per heavy atom. The summed E-state index contributed by atoms with van der Waals surface area (Å²) in [4.78, 5) is 12.0. The number of carbonyl (C=O) groups is 1. The Balaban J connectivity index is 0.00000100. The number of esters is 1. The molecule has 1 aliphatic rings. The van der Waals surface area contributed by atoms with Gasteiger partial charge in [-0.15, -0.1) is 0 Å². The number of anilines is 1. The molecule has 1 aromatic heterocycles.